The van der Waals surface area contributed by atoms with Gasteiger partial charge in [-0.05, 0) is 25.0 Å². The zero-order valence-corrected chi connectivity index (χ0v) is 15.8. The molecule has 2 rings (SSSR count). The Kier molecular flexibility index (Phi) is 6.54. The number of nitrogens with one attached hydrogen (secondary N) is 1. The van der Waals surface area contributed by atoms with Crippen LogP contribution in [0.3, 0.4) is 0 Å². The Labute approximate surface area is 153 Å². The van der Waals surface area contributed by atoms with Gasteiger partial charge in [0.1, 0.15) is 5.69 Å². The molecule has 1 heterocycles. The molecule has 10 heteroatoms. The summed E-state index contributed by atoms with van der Waals surface area (Å²) in [5.41, 5.74) is -0.257. The molecule has 1 amide bonds. The number of hydrogen-bond donors (Lipinski definition) is 1. The van der Waals surface area contributed by atoms with Crippen LogP contribution in [-0.4, -0.2) is 62.2 Å². The molecule has 0 spiro atoms. The molecule has 1 aliphatic rings. The normalized spacial score (nSPS) is 15.9. The molecule has 1 N–H and O–H groups in total. The van der Waals surface area contributed by atoms with E-state index in [1.54, 1.807) is 14.1 Å². The van der Waals surface area contributed by atoms with Gasteiger partial charge in [0.05, 0.1) is 16.4 Å². The number of sulfonamides is 1. The van der Waals surface area contributed by atoms with E-state index in [4.69, 9.17) is 0 Å². The van der Waals surface area contributed by atoms with Gasteiger partial charge in [0, 0.05) is 33.3 Å². The average Bonchev–Trinajstić information content (AvgIpc) is 2.89. The largest absolute Gasteiger partial charge is 0.371 e. The maximum atomic E-state index is 12.8. The molecule has 0 atom stereocenters. The second-order valence-electron chi connectivity index (χ2n) is 6.40. The van der Waals surface area contributed by atoms with Gasteiger partial charge in [0.25, 0.3) is 5.69 Å². The molecule has 1 saturated heterocycles. The summed E-state index contributed by atoms with van der Waals surface area (Å²) in [6.45, 7) is 0.729. The second-order valence-corrected chi connectivity index (χ2v) is 8.33. The molecule has 144 valence electrons. The van der Waals surface area contributed by atoms with Crippen molar-refractivity contribution in [3.63, 3.8) is 0 Å². The molecule has 0 saturated carbocycles. The molecule has 0 aromatic heterocycles. The van der Waals surface area contributed by atoms with Crippen LogP contribution in [0.2, 0.25) is 0 Å². The predicted molar refractivity (Wildman–Crippen MR) is 97.5 cm³/mol. The monoisotopic (exact) mass is 384 g/mol. The van der Waals surface area contributed by atoms with Gasteiger partial charge in [-0.2, -0.15) is 4.31 Å². The Hall–Kier alpha value is -2.20. The molecule has 0 aliphatic carbocycles. The molecule has 1 aromatic carbocycles. The molecular weight excluding hydrogens is 360 g/mol. The van der Waals surface area contributed by atoms with Crippen LogP contribution in [0.5, 0.6) is 0 Å². The lowest BCUT2D eigenvalue weighted by Crippen LogP contribution is -2.32. The highest BCUT2D eigenvalue weighted by Gasteiger charge is 2.28. The van der Waals surface area contributed by atoms with Crippen LogP contribution in [0.1, 0.15) is 25.7 Å². The third-order valence-electron chi connectivity index (χ3n) is 4.30. The summed E-state index contributed by atoms with van der Waals surface area (Å²) in [7, 11) is -0.620. The van der Waals surface area contributed by atoms with Crippen molar-refractivity contribution < 1.29 is 18.1 Å². The van der Waals surface area contributed by atoms with Crippen LogP contribution in [0, 0.1) is 10.1 Å². The van der Waals surface area contributed by atoms with Crippen LogP contribution in [0.25, 0.3) is 0 Å². The van der Waals surface area contributed by atoms with E-state index in [0.29, 0.717) is 13.1 Å². The molecule has 1 aromatic rings. The van der Waals surface area contributed by atoms with Crippen LogP contribution in [0.4, 0.5) is 11.4 Å². The number of nitro benzene ring substituents is 1. The third-order valence-corrected chi connectivity index (χ3v) is 6.19. The number of anilines is 1. The summed E-state index contributed by atoms with van der Waals surface area (Å²) >= 11 is 0. The number of amides is 1. The Balaban J connectivity index is 2.29. The zero-order chi connectivity index (χ0) is 19.3. The standard InChI is InChI=1S/C16H24N4O5S/c1-18(2)16(21)12-17-14-8-7-13(11-15(14)20(22)23)26(24,25)19-9-5-3-4-6-10-19/h7-8,11,17H,3-6,9-10,12H2,1-2H3. The minimum absolute atomic E-state index is 0.101. The summed E-state index contributed by atoms with van der Waals surface area (Å²) in [4.78, 5) is 23.6. The van der Waals surface area contributed by atoms with Crippen molar-refractivity contribution in [3.05, 3.63) is 28.3 Å². The number of benzene rings is 1. The van der Waals surface area contributed by atoms with E-state index in [0.717, 1.165) is 31.7 Å². The fourth-order valence-electron chi connectivity index (χ4n) is 2.73. The van der Waals surface area contributed by atoms with Gasteiger partial charge >= 0.3 is 0 Å². The fourth-order valence-corrected chi connectivity index (χ4v) is 4.27. The van der Waals surface area contributed by atoms with Crippen LogP contribution < -0.4 is 5.32 Å². The Bertz CT molecular complexity index is 771. The molecule has 26 heavy (non-hydrogen) atoms. The fraction of sp³-hybridized carbons (Fsp3) is 0.562. The lowest BCUT2D eigenvalue weighted by atomic mass is 10.2. The Morgan fingerprint density at radius 3 is 2.38 bits per heavy atom. The Morgan fingerprint density at radius 1 is 1.23 bits per heavy atom. The number of nitrogens with zero attached hydrogens (tertiary/aromatic N) is 3. The topological polar surface area (TPSA) is 113 Å². The zero-order valence-electron chi connectivity index (χ0n) is 15.0. The molecule has 0 bridgehead atoms. The smallest absolute Gasteiger partial charge is 0.293 e. The second kappa shape index (κ2) is 8.45. The van der Waals surface area contributed by atoms with Gasteiger partial charge in [-0.3, -0.25) is 14.9 Å². The van der Waals surface area contributed by atoms with Gasteiger partial charge < -0.3 is 10.2 Å². The van der Waals surface area contributed by atoms with Gasteiger partial charge in [-0.25, -0.2) is 8.42 Å². The van der Waals surface area contributed by atoms with Crippen molar-refractivity contribution in [2.24, 2.45) is 0 Å². The number of likely N-dealkylation sites (N-methyl/N-ethyl adjacent to an activating group) is 1. The number of nitro groups is 1. The number of hydrogen-bond acceptors (Lipinski definition) is 6. The molecule has 1 fully saturated rings. The predicted octanol–water partition coefficient (Wildman–Crippen LogP) is 1.66. The van der Waals surface area contributed by atoms with Crippen molar-refractivity contribution in [2.75, 3.05) is 39.0 Å². The van der Waals surface area contributed by atoms with Gasteiger partial charge in [-0.1, -0.05) is 12.8 Å². The van der Waals surface area contributed by atoms with Crippen LogP contribution in [-0.2, 0) is 14.8 Å². The van der Waals surface area contributed by atoms with E-state index >= 15 is 0 Å². The van der Waals surface area contributed by atoms with E-state index in [9.17, 15) is 23.3 Å². The third kappa shape index (κ3) is 4.70. The first kappa shape index (κ1) is 20.1. The van der Waals surface area contributed by atoms with E-state index in [1.807, 2.05) is 0 Å². The molecule has 0 unspecified atom stereocenters. The minimum Gasteiger partial charge on any atom is -0.371 e. The minimum atomic E-state index is -3.78. The van der Waals surface area contributed by atoms with Crippen molar-refractivity contribution in [2.45, 2.75) is 30.6 Å². The highest BCUT2D eigenvalue weighted by molar-refractivity contribution is 7.89. The average molecular weight is 384 g/mol. The van der Waals surface area contributed by atoms with Crippen LogP contribution >= 0.6 is 0 Å². The number of carbonyl (C=O) groups is 1. The van der Waals surface area contributed by atoms with Gasteiger partial charge in [0.2, 0.25) is 15.9 Å². The lowest BCUT2D eigenvalue weighted by Gasteiger charge is -2.20. The van der Waals surface area contributed by atoms with E-state index in [1.165, 1.54) is 21.3 Å². The summed E-state index contributed by atoms with van der Waals surface area (Å²) in [5.74, 6) is -0.249. The van der Waals surface area contributed by atoms with Crippen molar-refractivity contribution >= 4 is 27.3 Å². The molecule has 9 nitrogen and oxygen atoms in total. The van der Waals surface area contributed by atoms with E-state index in [2.05, 4.69) is 5.32 Å². The van der Waals surface area contributed by atoms with E-state index in [-0.39, 0.29) is 28.7 Å². The first-order valence-corrected chi connectivity index (χ1v) is 9.90. The summed E-state index contributed by atoms with van der Waals surface area (Å²) in [6.07, 6.45) is 3.53. The number of rotatable bonds is 6. The van der Waals surface area contributed by atoms with Crippen molar-refractivity contribution in [1.29, 1.82) is 0 Å². The molecule has 0 radical (unpaired) electrons. The SMILES string of the molecule is CN(C)C(=O)CNc1ccc(S(=O)(=O)N2CCCCCC2)cc1[N+](=O)[O-]. The summed E-state index contributed by atoms with van der Waals surface area (Å²) < 4.78 is 27.0. The number of carbonyl (C=O) groups excluding carboxylic acids is 1. The maximum absolute atomic E-state index is 12.8. The Morgan fingerprint density at radius 2 is 1.85 bits per heavy atom. The molecular formula is C16H24N4O5S. The highest BCUT2D eigenvalue weighted by atomic mass is 32.2. The first-order valence-electron chi connectivity index (χ1n) is 8.46. The van der Waals surface area contributed by atoms with Crippen molar-refractivity contribution in [1.82, 2.24) is 9.21 Å². The first-order chi connectivity index (χ1) is 12.2. The summed E-state index contributed by atoms with van der Waals surface area (Å²) in [5, 5.41) is 14.1. The summed E-state index contributed by atoms with van der Waals surface area (Å²) in [6, 6.07) is 3.74. The molecule has 1 aliphatic heterocycles. The maximum Gasteiger partial charge on any atom is 0.293 e. The van der Waals surface area contributed by atoms with E-state index < -0.39 is 14.9 Å². The van der Waals surface area contributed by atoms with Crippen LogP contribution in [0.15, 0.2) is 23.1 Å². The van der Waals surface area contributed by atoms with Gasteiger partial charge in [0.15, 0.2) is 0 Å². The van der Waals surface area contributed by atoms with Crippen molar-refractivity contribution in [3.8, 4) is 0 Å². The van der Waals surface area contributed by atoms with Gasteiger partial charge in [-0.15, -0.1) is 0 Å². The highest BCUT2D eigenvalue weighted by Crippen LogP contribution is 2.29. The quantitative estimate of drug-likeness (QED) is 0.589. The lowest BCUT2D eigenvalue weighted by molar-refractivity contribution is -0.384.